The molecule has 0 aliphatic heterocycles. The Bertz CT molecular complexity index is 736. The van der Waals surface area contributed by atoms with E-state index in [4.69, 9.17) is 0 Å². The van der Waals surface area contributed by atoms with Gasteiger partial charge in [0.25, 0.3) is 5.91 Å². The number of H-pyrrole nitrogens is 1. The molecule has 0 fully saturated rings. The van der Waals surface area contributed by atoms with Gasteiger partial charge < -0.3 is 4.98 Å². The standard InChI is InChI=1S/C14H10BrN3OS/c15-10-6-11(16-7-10)13(19)18-14-17-12(8-20-14)9-4-2-1-3-5-9/h1-8,16H,(H,17,18,19). The minimum atomic E-state index is -0.204. The van der Waals surface area contributed by atoms with Gasteiger partial charge in [0, 0.05) is 21.6 Å². The number of carbonyl (C=O) groups is 1. The number of nitrogens with one attached hydrogen (secondary N) is 2. The lowest BCUT2D eigenvalue weighted by molar-refractivity contribution is 0.102. The van der Waals surface area contributed by atoms with Crippen molar-refractivity contribution in [3.05, 3.63) is 58.1 Å². The highest BCUT2D eigenvalue weighted by Gasteiger charge is 2.11. The van der Waals surface area contributed by atoms with E-state index in [1.165, 1.54) is 11.3 Å². The summed E-state index contributed by atoms with van der Waals surface area (Å²) < 4.78 is 0.840. The van der Waals surface area contributed by atoms with Crippen LogP contribution in [0.3, 0.4) is 0 Å². The average molecular weight is 348 g/mol. The molecule has 2 aromatic heterocycles. The highest BCUT2D eigenvalue weighted by atomic mass is 79.9. The van der Waals surface area contributed by atoms with E-state index in [9.17, 15) is 4.79 Å². The van der Waals surface area contributed by atoms with Gasteiger partial charge in [-0.05, 0) is 22.0 Å². The number of benzene rings is 1. The lowest BCUT2D eigenvalue weighted by Crippen LogP contribution is -2.11. The minimum absolute atomic E-state index is 0.204. The maximum absolute atomic E-state index is 12.0. The summed E-state index contributed by atoms with van der Waals surface area (Å²) in [6, 6.07) is 11.6. The molecule has 3 aromatic rings. The Labute approximate surface area is 128 Å². The van der Waals surface area contributed by atoms with Crippen molar-refractivity contribution in [2.75, 3.05) is 5.32 Å². The maximum Gasteiger partial charge on any atom is 0.273 e. The van der Waals surface area contributed by atoms with Crippen molar-refractivity contribution >= 4 is 38.3 Å². The fourth-order valence-electron chi connectivity index (χ4n) is 1.74. The van der Waals surface area contributed by atoms with E-state index in [0.717, 1.165) is 15.7 Å². The fraction of sp³-hybridized carbons (Fsp3) is 0. The van der Waals surface area contributed by atoms with E-state index in [-0.39, 0.29) is 5.91 Å². The van der Waals surface area contributed by atoms with Gasteiger partial charge in [-0.15, -0.1) is 11.3 Å². The van der Waals surface area contributed by atoms with Gasteiger partial charge in [-0.1, -0.05) is 30.3 Å². The third-order valence-corrected chi connectivity index (χ3v) is 3.90. The first-order chi connectivity index (χ1) is 9.72. The van der Waals surface area contributed by atoms with Crippen LogP contribution in [0, 0.1) is 0 Å². The quantitative estimate of drug-likeness (QED) is 0.747. The molecule has 2 heterocycles. The topological polar surface area (TPSA) is 57.8 Å². The van der Waals surface area contributed by atoms with Gasteiger partial charge in [0.1, 0.15) is 5.69 Å². The Hall–Kier alpha value is -1.92. The maximum atomic E-state index is 12.0. The molecular weight excluding hydrogens is 338 g/mol. The zero-order valence-corrected chi connectivity index (χ0v) is 12.7. The molecule has 4 nitrogen and oxygen atoms in total. The number of rotatable bonds is 3. The molecule has 0 aliphatic rings. The van der Waals surface area contributed by atoms with Gasteiger partial charge in [0.15, 0.2) is 5.13 Å². The van der Waals surface area contributed by atoms with Crippen molar-refractivity contribution in [1.29, 1.82) is 0 Å². The first-order valence-electron chi connectivity index (χ1n) is 5.88. The smallest absolute Gasteiger partial charge is 0.273 e. The highest BCUT2D eigenvalue weighted by molar-refractivity contribution is 9.10. The van der Waals surface area contributed by atoms with E-state index in [2.05, 4.69) is 31.2 Å². The van der Waals surface area contributed by atoms with Gasteiger partial charge in [0.05, 0.1) is 5.69 Å². The second-order valence-electron chi connectivity index (χ2n) is 4.09. The Morgan fingerprint density at radius 3 is 2.80 bits per heavy atom. The lowest BCUT2D eigenvalue weighted by Gasteiger charge is -1.98. The van der Waals surface area contributed by atoms with Gasteiger partial charge in [-0.3, -0.25) is 10.1 Å². The van der Waals surface area contributed by atoms with Gasteiger partial charge in [0.2, 0.25) is 0 Å². The summed E-state index contributed by atoms with van der Waals surface area (Å²) in [5.41, 5.74) is 2.39. The van der Waals surface area contributed by atoms with E-state index in [1.807, 2.05) is 35.7 Å². The number of carbonyl (C=O) groups excluding carboxylic acids is 1. The predicted octanol–water partition coefficient (Wildman–Crippen LogP) is 4.15. The number of hydrogen-bond donors (Lipinski definition) is 2. The monoisotopic (exact) mass is 347 g/mol. The Balaban J connectivity index is 1.76. The predicted molar refractivity (Wildman–Crippen MR) is 84.0 cm³/mol. The number of hydrogen-bond acceptors (Lipinski definition) is 3. The van der Waals surface area contributed by atoms with Crippen LogP contribution in [-0.4, -0.2) is 15.9 Å². The zero-order valence-electron chi connectivity index (χ0n) is 10.3. The second-order valence-corrected chi connectivity index (χ2v) is 5.86. The van der Waals surface area contributed by atoms with E-state index in [0.29, 0.717) is 10.8 Å². The number of thiazole rings is 1. The van der Waals surface area contributed by atoms with E-state index < -0.39 is 0 Å². The summed E-state index contributed by atoms with van der Waals surface area (Å²) in [6.07, 6.45) is 1.71. The van der Waals surface area contributed by atoms with Gasteiger partial charge >= 0.3 is 0 Å². The Morgan fingerprint density at radius 2 is 2.10 bits per heavy atom. The van der Waals surface area contributed by atoms with Gasteiger partial charge in [-0.25, -0.2) is 4.98 Å². The molecule has 0 spiro atoms. The van der Waals surface area contributed by atoms with Crippen LogP contribution in [0.2, 0.25) is 0 Å². The SMILES string of the molecule is O=C(Nc1nc(-c2ccccc2)cs1)c1cc(Br)c[nH]1. The van der Waals surface area contributed by atoms with Crippen LogP contribution in [0.4, 0.5) is 5.13 Å². The fourth-order valence-corrected chi connectivity index (χ4v) is 2.79. The minimum Gasteiger partial charge on any atom is -0.356 e. The molecule has 0 saturated heterocycles. The molecule has 6 heteroatoms. The summed E-state index contributed by atoms with van der Waals surface area (Å²) in [5.74, 6) is -0.204. The normalized spacial score (nSPS) is 10.4. The summed E-state index contributed by atoms with van der Waals surface area (Å²) in [6.45, 7) is 0. The van der Waals surface area contributed by atoms with Crippen LogP contribution < -0.4 is 5.32 Å². The molecule has 3 rings (SSSR count). The average Bonchev–Trinajstić information content (AvgIpc) is 3.09. The van der Waals surface area contributed by atoms with Crippen LogP contribution in [0.15, 0.2) is 52.4 Å². The van der Waals surface area contributed by atoms with Crippen molar-refractivity contribution in [1.82, 2.24) is 9.97 Å². The molecule has 0 unspecified atom stereocenters. The molecule has 1 amide bonds. The number of aromatic nitrogens is 2. The van der Waals surface area contributed by atoms with Crippen LogP contribution in [0.1, 0.15) is 10.5 Å². The van der Waals surface area contributed by atoms with E-state index in [1.54, 1.807) is 12.3 Å². The lowest BCUT2D eigenvalue weighted by atomic mass is 10.2. The van der Waals surface area contributed by atoms with E-state index >= 15 is 0 Å². The summed E-state index contributed by atoms with van der Waals surface area (Å²) in [5, 5.41) is 5.29. The molecule has 2 N–H and O–H groups in total. The molecule has 0 atom stereocenters. The van der Waals surface area contributed by atoms with Crippen LogP contribution in [0.5, 0.6) is 0 Å². The summed E-state index contributed by atoms with van der Waals surface area (Å²) in [4.78, 5) is 19.3. The highest BCUT2D eigenvalue weighted by Crippen LogP contribution is 2.25. The van der Waals surface area contributed by atoms with Crippen molar-refractivity contribution in [3.63, 3.8) is 0 Å². The molecule has 100 valence electrons. The first-order valence-corrected chi connectivity index (χ1v) is 7.56. The molecule has 0 radical (unpaired) electrons. The molecule has 20 heavy (non-hydrogen) atoms. The van der Waals surface area contributed by atoms with Crippen LogP contribution in [-0.2, 0) is 0 Å². The Kier molecular flexibility index (Phi) is 3.66. The van der Waals surface area contributed by atoms with Crippen molar-refractivity contribution in [3.8, 4) is 11.3 Å². The van der Waals surface area contributed by atoms with Crippen molar-refractivity contribution < 1.29 is 4.79 Å². The third kappa shape index (κ3) is 2.81. The largest absolute Gasteiger partial charge is 0.356 e. The van der Waals surface area contributed by atoms with Gasteiger partial charge in [-0.2, -0.15) is 0 Å². The zero-order chi connectivity index (χ0) is 13.9. The Morgan fingerprint density at radius 1 is 1.30 bits per heavy atom. The number of aromatic amines is 1. The molecule has 0 bridgehead atoms. The molecule has 1 aromatic carbocycles. The summed E-state index contributed by atoms with van der Waals surface area (Å²) in [7, 11) is 0. The first kappa shape index (κ1) is 13.1. The number of nitrogens with zero attached hydrogens (tertiary/aromatic N) is 1. The van der Waals surface area contributed by atoms with Crippen molar-refractivity contribution in [2.45, 2.75) is 0 Å². The van der Waals surface area contributed by atoms with Crippen molar-refractivity contribution in [2.24, 2.45) is 0 Å². The molecule has 0 saturated carbocycles. The number of anilines is 1. The van der Waals surface area contributed by atoms with Crippen LogP contribution >= 0.6 is 27.3 Å². The summed E-state index contributed by atoms with van der Waals surface area (Å²) >= 11 is 4.70. The molecule has 0 aliphatic carbocycles. The number of amides is 1. The third-order valence-electron chi connectivity index (χ3n) is 2.69. The van der Waals surface area contributed by atoms with Crippen LogP contribution in [0.25, 0.3) is 11.3 Å². The molecular formula is C14H10BrN3OS. The number of halogens is 1. The second kappa shape index (κ2) is 5.60.